The first-order valence-electron chi connectivity index (χ1n) is 10.3. The second-order valence-electron chi connectivity index (χ2n) is 7.36. The van der Waals surface area contributed by atoms with Gasteiger partial charge in [0.15, 0.2) is 0 Å². The molecule has 0 spiro atoms. The van der Waals surface area contributed by atoms with E-state index in [9.17, 15) is 4.79 Å². The van der Waals surface area contributed by atoms with Gasteiger partial charge in [0.1, 0.15) is 6.29 Å². The van der Waals surface area contributed by atoms with E-state index in [0.29, 0.717) is 5.56 Å². The molecule has 4 heteroatoms. The highest BCUT2D eigenvalue weighted by Crippen LogP contribution is 2.35. The van der Waals surface area contributed by atoms with Crippen LogP contribution in [0.3, 0.4) is 0 Å². The number of aldehydes is 1. The topological polar surface area (TPSA) is 32.7 Å². The molecular weight excluding hydrogens is 404 g/mol. The monoisotopic (exact) mass is 426 g/mol. The van der Waals surface area contributed by atoms with Crippen molar-refractivity contribution in [2.24, 2.45) is 4.99 Å². The fourth-order valence-corrected chi connectivity index (χ4v) is 3.85. The lowest BCUT2D eigenvalue weighted by atomic mass is 9.95. The van der Waals surface area contributed by atoms with Gasteiger partial charge in [-0.2, -0.15) is 0 Å². The number of hydrogen-bond acceptors (Lipinski definition) is 3. The molecule has 1 aliphatic rings. The summed E-state index contributed by atoms with van der Waals surface area (Å²) < 4.78 is 0. The standard InChI is InChI=1S/C27H23ClN2O/c28-27-22(18-29-24-10-3-1-4-11-24)8-7-9-23(27)19-30(25-12-5-2-6-13-25)26-16-14-21(20-31)15-17-26/h1-6,10-20H,7-9H2/b23-19+,29-18?. The Labute approximate surface area is 188 Å². The lowest BCUT2D eigenvalue weighted by Gasteiger charge is -2.25. The Hall–Kier alpha value is -3.43. The van der Waals surface area contributed by atoms with E-state index in [4.69, 9.17) is 11.6 Å². The summed E-state index contributed by atoms with van der Waals surface area (Å²) in [7, 11) is 0. The van der Waals surface area contributed by atoms with Gasteiger partial charge in [-0.15, -0.1) is 0 Å². The highest BCUT2D eigenvalue weighted by atomic mass is 35.5. The summed E-state index contributed by atoms with van der Waals surface area (Å²) in [6.45, 7) is 0. The molecule has 0 radical (unpaired) electrons. The van der Waals surface area contributed by atoms with Crippen LogP contribution in [0.1, 0.15) is 29.6 Å². The summed E-state index contributed by atoms with van der Waals surface area (Å²) in [6.07, 6.45) is 7.67. The van der Waals surface area contributed by atoms with Crippen LogP contribution in [0.15, 0.2) is 112 Å². The van der Waals surface area contributed by atoms with Crippen molar-refractivity contribution in [2.45, 2.75) is 19.3 Å². The van der Waals surface area contributed by atoms with Gasteiger partial charge in [-0.25, -0.2) is 0 Å². The molecule has 0 bridgehead atoms. The SMILES string of the molecule is O=Cc1ccc(N(/C=C2\CCCC(C=Nc3ccccc3)=C2Cl)c2ccccc2)cc1. The third-order valence-electron chi connectivity index (χ3n) is 5.21. The Kier molecular flexibility index (Phi) is 6.75. The third kappa shape index (κ3) is 5.19. The maximum absolute atomic E-state index is 11.1. The molecule has 0 atom stereocenters. The quantitative estimate of drug-likeness (QED) is 0.300. The summed E-state index contributed by atoms with van der Waals surface area (Å²) in [5, 5.41) is 0.761. The van der Waals surface area contributed by atoms with Gasteiger partial charge in [-0.3, -0.25) is 9.79 Å². The highest BCUT2D eigenvalue weighted by molar-refractivity contribution is 6.33. The maximum atomic E-state index is 11.1. The molecule has 31 heavy (non-hydrogen) atoms. The zero-order valence-electron chi connectivity index (χ0n) is 17.1. The molecule has 0 N–H and O–H groups in total. The van der Waals surface area contributed by atoms with E-state index in [1.54, 1.807) is 0 Å². The molecule has 3 aromatic rings. The molecule has 154 valence electrons. The first-order valence-corrected chi connectivity index (χ1v) is 10.7. The lowest BCUT2D eigenvalue weighted by molar-refractivity contribution is 0.112. The van der Waals surface area contributed by atoms with E-state index < -0.39 is 0 Å². The predicted molar refractivity (Wildman–Crippen MR) is 130 cm³/mol. The van der Waals surface area contributed by atoms with Gasteiger partial charge >= 0.3 is 0 Å². The Morgan fingerprint density at radius 3 is 2.13 bits per heavy atom. The van der Waals surface area contributed by atoms with Gasteiger partial charge in [-0.1, -0.05) is 48.0 Å². The van der Waals surface area contributed by atoms with Crippen molar-refractivity contribution in [3.05, 3.63) is 113 Å². The van der Waals surface area contributed by atoms with Crippen LogP contribution in [0.5, 0.6) is 0 Å². The average Bonchev–Trinajstić information content (AvgIpc) is 2.84. The molecule has 3 aromatic carbocycles. The minimum atomic E-state index is 0.652. The molecule has 0 unspecified atom stereocenters. The van der Waals surface area contributed by atoms with E-state index in [1.807, 2.05) is 79.0 Å². The van der Waals surface area contributed by atoms with Crippen LogP contribution in [0.25, 0.3) is 0 Å². The van der Waals surface area contributed by atoms with E-state index in [0.717, 1.165) is 58.8 Å². The fourth-order valence-electron chi connectivity index (χ4n) is 3.56. The number of allylic oxidation sites excluding steroid dienone is 3. The Morgan fingerprint density at radius 1 is 0.806 bits per heavy atom. The van der Waals surface area contributed by atoms with Crippen molar-refractivity contribution in [1.29, 1.82) is 0 Å². The van der Waals surface area contributed by atoms with Gasteiger partial charge in [-0.05, 0) is 78.9 Å². The molecular formula is C27H23ClN2O. The normalized spacial score (nSPS) is 15.5. The molecule has 4 rings (SSSR count). The van der Waals surface area contributed by atoms with E-state index in [2.05, 4.69) is 28.2 Å². The number of aliphatic imine (C=N–C) groups is 1. The Bertz CT molecular complexity index is 1120. The van der Waals surface area contributed by atoms with Crippen LogP contribution < -0.4 is 4.90 Å². The van der Waals surface area contributed by atoms with Crippen LogP contribution >= 0.6 is 11.6 Å². The number of para-hydroxylation sites is 2. The van der Waals surface area contributed by atoms with Crippen molar-refractivity contribution in [2.75, 3.05) is 4.90 Å². The van der Waals surface area contributed by atoms with E-state index in [1.165, 1.54) is 0 Å². The molecule has 0 saturated heterocycles. The van der Waals surface area contributed by atoms with Crippen molar-refractivity contribution < 1.29 is 4.79 Å². The van der Waals surface area contributed by atoms with Crippen LogP contribution in [0.4, 0.5) is 17.1 Å². The molecule has 0 aromatic heterocycles. The Morgan fingerprint density at radius 2 is 1.45 bits per heavy atom. The number of carbonyl (C=O) groups excluding carboxylic acids is 1. The fraction of sp³-hybridized carbons (Fsp3) is 0.111. The molecule has 0 saturated carbocycles. The number of nitrogens with zero attached hydrogens (tertiary/aromatic N) is 2. The van der Waals surface area contributed by atoms with Gasteiger partial charge in [0.05, 0.1) is 5.69 Å². The number of benzene rings is 3. The zero-order valence-corrected chi connectivity index (χ0v) is 17.9. The number of halogens is 1. The number of rotatable bonds is 6. The van der Waals surface area contributed by atoms with E-state index in [-0.39, 0.29) is 0 Å². The number of carbonyl (C=O) groups is 1. The molecule has 3 nitrogen and oxygen atoms in total. The van der Waals surface area contributed by atoms with Gasteiger partial charge < -0.3 is 4.90 Å². The van der Waals surface area contributed by atoms with Crippen molar-refractivity contribution in [3.8, 4) is 0 Å². The first-order chi connectivity index (χ1) is 15.2. The minimum Gasteiger partial charge on any atom is -0.317 e. The largest absolute Gasteiger partial charge is 0.317 e. The minimum absolute atomic E-state index is 0.652. The van der Waals surface area contributed by atoms with Gasteiger partial charge in [0, 0.05) is 34.4 Å². The lowest BCUT2D eigenvalue weighted by Crippen LogP contribution is -2.12. The van der Waals surface area contributed by atoms with Crippen LogP contribution in [-0.2, 0) is 0 Å². The zero-order chi connectivity index (χ0) is 21.5. The predicted octanol–water partition coefficient (Wildman–Crippen LogP) is 7.60. The molecule has 0 aliphatic heterocycles. The van der Waals surface area contributed by atoms with Crippen LogP contribution in [-0.4, -0.2) is 12.5 Å². The highest BCUT2D eigenvalue weighted by Gasteiger charge is 2.17. The first kappa shape index (κ1) is 20.8. The van der Waals surface area contributed by atoms with Gasteiger partial charge in [0.25, 0.3) is 0 Å². The van der Waals surface area contributed by atoms with Crippen molar-refractivity contribution in [1.82, 2.24) is 0 Å². The number of hydrogen-bond donors (Lipinski definition) is 0. The van der Waals surface area contributed by atoms with Gasteiger partial charge in [0.2, 0.25) is 0 Å². The second kappa shape index (κ2) is 10.1. The summed E-state index contributed by atoms with van der Waals surface area (Å²) in [5.74, 6) is 0. The molecule has 0 fully saturated rings. The smallest absolute Gasteiger partial charge is 0.150 e. The summed E-state index contributed by atoms with van der Waals surface area (Å²) in [4.78, 5) is 17.8. The van der Waals surface area contributed by atoms with Crippen LogP contribution in [0, 0.1) is 0 Å². The van der Waals surface area contributed by atoms with Crippen molar-refractivity contribution in [3.63, 3.8) is 0 Å². The molecule has 0 heterocycles. The third-order valence-corrected chi connectivity index (χ3v) is 5.69. The molecule has 1 aliphatic carbocycles. The second-order valence-corrected chi connectivity index (χ2v) is 7.73. The summed E-state index contributed by atoms with van der Waals surface area (Å²) in [6, 6.07) is 27.6. The number of anilines is 2. The summed E-state index contributed by atoms with van der Waals surface area (Å²) >= 11 is 6.83. The molecule has 0 amide bonds. The van der Waals surface area contributed by atoms with E-state index >= 15 is 0 Å². The summed E-state index contributed by atoms with van der Waals surface area (Å²) in [5.41, 5.74) is 5.69. The van der Waals surface area contributed by atoms with Crippen molar-refractivity contribution >= 4 is 41.2 Å². The maximum Gasteiger partial charge on any atom is 0.150 e. The average molecular weight is 427 g/mol. The Balaban J connectivity index is 1.70. The van der Waals surface area contributed by atoms with Crippen LogP contribution in [0.2, 0.25) is 0 Å².